The molecule has 0 spiro atoms. The molecule has 3 heterocycles. The Kier molecular flexibility index (Phi) is 4.22. The number of hydrogen-bond donors (Lipinski definition) is 1. The van der Waals surface area contributed by atoms with Crippen LogP contribution in [0.15, 0.2) is 51.4 Å². The van der Waals surface area contributed by atoms with Gasteiger partial charge in [-0.3, -0.25) is 4.79 Å². The van der Waals surface area contributed by atoms with Gasteiger partial charge in [-0.05, 0) is 51.0 Å². The van der Waals surface area contributed by atoms with Gasteiger partial charge in [-0.15, -0.1) is 0 Å². The molecule has 0 bridgehead atoms. The smallest absolute Gasteiger partial charge is 0.336 e. The Hall–Kier alpha value is -3.54. The molecule has 1 aliphatic carbocycles. The average Bonchev–Trinajstić information content (AvgIpc) is 2.90. The second-order valence-electron chi connectivity index (χ2n) is 8.66. The molecule has 31 heavy (non-hydrogen) atoms. The maximum absolute atomic E-state index is 13.1. The summed E-state index contributed by atoms with van der Waals surface area (Å²) >= 11 is 0. The van der Waals surface area contributed by atoms with Crippen molar-refractivity contribution in [1.29, 1.82) is 0 Å². The Bertz CT molecular complexity index is 1320. The quantitative estimate of drug-likeness (QED) is 0.686. The minimum Gasteiger partial charge on any atom is -0.489 e. The van der Waals surface area contributed by atoms with Gasteiger partial charge in [0.1, 0.15) is 28.8 Å². The van der Waals surface area contributed by atoms with Crippen LogP contribution in [-0.4, -0.2) is 17.5 Å². The Morgan fingerprint density at radius 1 is 1.10 bits per heavy atom. The molecular formula is C25H23NO5. The number of allylic oxidation sites excluding steroid dienone is 5. The molecule has 0 radical (unpaired) electrons. The number of fused-ring (bicyclic) bond motifs is 6. The second-order valence-corrected chi connectivity index (χ2v) is 8.66. The summed E-state index contributed by atoms with van der Waals surface area (Å²) in [5.41, 5.74) is 8.13. The predicted octanol–water partition coefficient (Wildman–Crippen LogP) is 4.52. The Morgan fingerprint density at radius 2 is 1.90 bits per heavy atom. The lowest BCUT2D eigenvalue weighted by molar-refractivity contribution is 0.0869. The Labute approximate surface area is 179 Å². The van der Waals surface area contributed by atoms with Crippen molar-refractivity contribution in [3.63, 3.8) is 0 Å². The molecule has 0 amide bonds. The maximum Gasteiger partial charge on any atom is 0.336 e. The molecule has 1 aromatic carbocycles. The van der Waals surface area contributed by atoms with E-state index in [9.17, 15) is 9.59 Å². The van der Waals surface area contributed by atoms with Crippen LogP contribution in [0.5, 0.6) is 11.5 Å². The number of rotatable bonds is 1. The molecule has 2 aromatic rings. The van der Waals surface area contributed by atoms with Crippen molar-refractivity contribution in [3.05, 3.63) is 69.3 Å². The second kappa shape index (κ2) is 6.74. The number of carbonyl (C=O) groups excluding carboxylic acids is 1. The molecule has 1 atom stereocenters. The van der Waals surface area contributed by atoms with E-state index >= 15 is 0 Å². The van der Waals surface area contributed by atoms with E-state index < -0.39 is 11.2 Å². The summed E-state index contributed by atoms with van der Waals surface area (Å²) < 4.78 is 18.1. The van der Waals surface area contributed by atoms with E-state index in [1.54, 1.807) is 6.08 Å². The van der Waals surface area contributed by atoms with Crippen LogP contribution in [0.3, 0.4) is 0 Å². The van der Waals surface area contributed by atoms with Crippen LogP contribution in [0.25, 0.3) is 22.6 Å². The van der Waals surface area contributed by atoms with Gasteiger partial charge < -0.3 is 19.6 Å². The Balaban J connectivity index is 1.92. The zero-order valence-corrected chi connectivity index (χ0v) is 17.7. The highest BCUT2D eigenvalue weighted by Crippen LogP contribution is 2.49. The van der Waals surface area contributed by atoms with E-state index in [1.165, 1.54) is 6.07 Å². The van der Waals surface area contributed by atoms with Crippen molar-refractivity contribution >= 4 is 28.4 Å². The van der Waals surface area contributed by atoms with Gasteiger partial charge in [-0.2, -0.15) is 0 Å². The Morgan fingerprint density at radius 3 is 2.71 bits per heavy atom. The molecule has 2 aliphatic heterocycles. The van der Waals surface area contributed by atoms with Crippen molar-refractivity contribution < 1.29 is 18.7 Å². The van der Waals surface area contributed by atoms with Crippen molar-refractivity contribution in [1.82, 2.24) is 0 Å². The van der Waals surface area contributed by atoms with E-state index in [1.807, 2.05) is 51.2 Å². The van der Waals surface area contributed by atoms with Crippen LogP contribution in [0.2, 0.25) is 0 Å². The van der Waals surface area contributed by atoms with Crippen LogP contribution in [-0.2, 0) is 0 Å². The fourth-order valence-corrected chi connectivity index (χ4v) is 4.26. The number of Topliss-reactive ketones (excluding diaryl/α,β-unsaturated/α-hetero) is 1. The van der Waals surface area contributed by atoms with Crippen LogP contribution >= 0.6 is 0 Å². The normalized spacial score (nSPS) is 21.4. The predicted molar refractivity (Wildman–Crippen MR) is 119 cm³/mol. The molecule has 3 aliphatic rings. The number of ether oxygens (including phenoxy) is 2. The monoisotopic (exact) mass is 417 g/mol. The molecule has 6 nitrogen and oxygen atoms in total. The minimum absolute atomic E-state index is 0.114. The molecule has 2 N–H and O–H groups in total. The fraction of sp³-hybridized carbons (Fsp3) is 0.280. The van der Waals surface area contributed by atoms with Crippen LogP contribution in [0.4, 0.5) is 0 Å². The van der Waals surface area contributed by atoms with Gasteiger partial charge in [0.15, 0.2) is 11.4 Å². The van der Waals surface area contributed by atoms with E-state index in [-0.39, 0.29) is 23.9 Å². The van der Waals surface area contributed by atoms with Gasteiger partial charge in [-0.25, -0.2) is 4.79 Å². The molecule has 0 fully saturated rings. The molecular weight excluding hydrogens is 394 g/mol. The van der Waals surface area contributed by atoms with Gasteiger partial charge in [-0.1, -0.05) is 18.2 Å². The summed E-state index contributed by atoms with van der Waals surface area (Å²) in [6.07, 6.45) is 12.0. The van der Waals surface area contributed by atoms with E-state index in [2.05, 4.69) is 0 Å². The van der Waals surface area contributed by atoms with Crippen LogP contribution in [0, 0.1) is 0 Å². The average molecular weight is 417 g/mol. The third-order valence-corrected chi connectivity index (χ3v) is 5.68. The maximum atomic E-state index is 13.1. The van der Waals surface area contributed by atoms with Gasteiger partial charge in [0.05, 0.1) is 10.9 Å². The molecule has 158 valence electrons. The van der Waals surface area contributed by atoms with E-state index in [4.69, 9.17) is 19.6 Å². The van der Waals surface area contributed by atoms with E-state index in [0.29, 0.717) is 45.7 Å². The lowest BCUT2D eigenvalue weighted by Crippen LogP contribution is -2.30. The standard InChI is InChI=1S/C25H23NO5/c1-13-11-18(27)21-22(29-13)16-9-10-25(2,3)31-23(16)20-17(12-19(28)30-24(20)21)14-5-4-6-15(26)8-7-14/h5-10,12-13H,4,11,26H2,1-3H3. The zero-order valence-electron chi connectivity index (χ0n) is 17.7. The summed E-state index contributed by atoms with van der Waals surface area (Å²) in [4.78, 5) is 25.6. The lowest BCUT2D eigenvalue weighted by Gasteiger charge is -2.33. The highest BCUT2D eigenvalue weighted by atomic mass is 16.5. The summed E-state index contributed by atoms with van der Waals surface area (Å²) in [6.45, 7) is 5.74. The first-order chi connectivity index (χ1) is 14.7. The first-order valence-corrected chi connectivity index (χ1v) is 10.3. The van der Waals surface area contributed by atoms with Crippen molar-refractivity contribution in [2.45, 2.75) is 45.3 Å². The van der Waals surface area contributed by atoms with Gasteiger partial charge in [0.25, 0.3) is 0 Å². The number of carbonyl (C=O) groups is 1. The third-order valence-electron chi connectivity index (χ3n) is 5.68. The van der Waals surface area contributed by atoms with Crippen molar-refractivity contribution in [3.8, 4) is 11.5 Å². The third kappa shape index (κ3) is 3.19. The molecule has 1 aromatic heterocycles. The first kappa shape index (κ1) is 19.4. The van der Waals surface area contributed by atoms with Crippen molar-refractivity contribution in [2.75, 3.05) is 0 Å². The number of nitrogens with two attached hydrogens (primary N) is 1. The van der Waals surface area contributed by atoms with Gasteiger partial charge >= 0.3 is 5.63 Å². The molecule has 0 saturated heterocycles. The first-order valence-electron chi connectivity index (χ1n) is 10.3. The van der Waals surface area contributed by atoms with Crippen molar-refractivity contribution in [2.24, 2.45) is 5.73 Å². The zero-order chi connectivity index (χ0) is 21.9. The summed E-state index contributed by atoms with van der Waals surface area (Å²) in [5.74, 6) is 0.840. The molecule has 6 heteroatoms. The summed E-state index contributed by atoms with van der Waals surface area (Å²) in [6, 6.07) is 1.44. The van der Waals surface area contributed by atoms with Crippen LogP contribution in [0.1, 0.15) is 55.1 Å². The topological polar surface area (TPSA) is 91.8 Å². The number of hydrogen-bond acceptors (Lipinski definition) is 6. The SMILES string of the molecule is CC1CC(=O)c2c(c3c(c4c(C5=CCC=C(N)C=C5)cc(=O)oc24)OC(C)(C)C=C3)O1. The van der Waals surface area contributed by atoms with Gasteiger partial charge in [0, 0.05) is 23.7 Å². The molecule has 0 saturated carbocycles. The lowest BCUT2D eigenvalue weighted by atomic mass is 9.89. The van der Waals surface area contributed by atoms with E-state index in [0.717, 1.165) is 5.57 Å². The number of benzene rings is 1. The largest absolute Gasteiger partial charge is 0.489 e. The minimum atomic E-state index is -0.578. The van der Waals surface area contributed by atoms with Gasteiger partial charge in [0.2, 0.25) is 0 Å². The van der Waals surface area contributed by atoms with Crippen LogP contribution < -0.4 is 20.8 Å². The highest BCUT2D eigenvalue weighted by molar-refractivity contribution is 6.15. The summed E-state index contributed by atoms with van der Waals surface area (Å²) in [5, 5.41) is 0.591. The fourth-order valence-electron chi connectivity index (χ4n) is 4.26. The summed E-state index contributed by atoms with van der Waals surface area (Å²) in [7, 11) is 0. The number of ketones is 1. The highest BCUT2D eigenvalue weighted by Gasteiger charge is 2.36. The molecule has 1 unspecified atom stereocenters. The molecule has 5 rings (SSSR count).